The first-order valence-electron chi connectivity index (χ1n) is 7.42. The Hall–Kier alpha value is -2.41. The Balaban J connectivity index is 1.98. The van der Waals surface area contributed by atoms with Gasteiger partial charge in [0.05, 0.1) is 17.9 Å². The predicted molar refractivity (Wildman–Crippen MR) is 88.2 cm³/mol. The zero-order valence-electron chi connectivity index (χ0n) is 13.2. The molecule has 128 valence electrons. The van der Waals surface area contributed by atoms with Crippen LogP contribution in [0.15, 0.2) is 40.8 Å². The summed E-state index contributed by atoms with van der Waals surface area (Å²) in [6.45, 7) is 2.27. The van der Waals surface area contributed by atoms with Crippen molar-refractivity contribution in [1.29, 1.82) is 0 Å². The highest BCUT2D eigenvalue weighted by atomic mass is 32.2. The molecule has 0 spiro atoms. The van der Waals surface area contributed by atoms with Gasteiger partial charge in [-0.25, -0.2) is 9.59 Å². The molecule has 24 heavy (non-hydrogen) atoms. The molecule has 0 bridgehead atoms. The Labute approximate surface area is 141 Å². The largest absolute Gasteiger partial charge is 0.475 e. The molecule has 0 amide bonds. The average molecular weight is 350 g/mol. The minimum Gasteiger partial charge on any atom is -0.475 e. The Morgan fingerprint density at radius 3 is 2.67 bits per heavy atom. The molecule has 1 atom stereocenters. The summed E-state index contributed by atoms with van der Waals surface area (Å²) in [7, 11) is -1.29. The van der Waals surface area contributed by atoms with Gasteiger partial charge < -0.3 is 14.3 Å². The second-order valence-electron chi connectivity index (χ2n) is 5.14. The lowest BCUT2D eigenvalue weighted by atomic mass is 10.1. The van der Waals surface area contributed by atoms with Crippen molar-refractivity contribution in [3.8, 4) is 0 Å². The molecule has 0 radical (unpaired) electrons. The van der Waals surface area contributed by atoms with Crippen LogP contribution in [0.3, 0.4) is 0 Å². The number of carboxylic acid groups (broad SMARTS) is 1. The second-order valence-corrected chi connectivity index (χ2v) is 6.59. The quantitative estimate of drug-likeness (QED) is 0.736. The van der Waals surface area contributed by atoms with Gasteiger partial charge in [0.15, 0.2) is 0 Å². The lowest BCUT2D eigenvalue weighted by molar-refractivity contribution is 0.0504. The number of ether oxygens (including phenoxy) is 1. The molecular formula is C17H18O6S. The van der Waals surface area contributed by atoms with Crippen molar-refractivity contribution < 1.29 is 28.1 Å². The molecular weight excluding hydrogens is 332 g/mol. The van der Waals surface area contributed by atoms with Gasteiger partial charge in [0.25, 0.3) is 0 Å². The highest BCUT2D eigenvalue weighted by Gasteiger charge is 2.13. The van der Waals surface area contributed by atoms with E-state index in [1.807, 2.05) is 6.92 Å². The van der Waals surface area contributed by atoms with Crippen molar-refractivity contribution in [1.82, 2.24) is 0 Å². The first kappa shape index (κ1) is 17.9. The van der Waals surface area contributed by atoms with Crippen LogP contribution in [0.4, 0.5) is 0 Å². The van der Waals surface area contributed by atoms with E-state index in [-0.39, 0.29) is 17.3 Å². The summed E-state index contributed by atoms with van der Waals surface area (Å²) in [5, 5.41) is 8.80. The maximum Gasteiger partial charge on any atom is 0.371 e. The lowest BCUT2D eigenvalue weighted by Crippen LogP contribution is -2.07. The van der Waals surface area contributed by atoms with Crippen molar-refractivity contribution >= 4 is 22.7 Å². The maximum absolute atomic E-state index is 12.2. The molecule has 1 heterocycles. The molecule has 0 fully saturated rings. The van der Waals surface area contributed by atoms with Crippen LogP contribution in [-0.4, -0.2) is 27.9 Å². The van der Waals surface area contributed by atoms with Crippen molar-refractivity contribution in [3.05, 3.63) is 59.0 Å². The normalized spacial score (nSPS) is 11.9. The van der Waals surface area contributed by atoms with Gasteiger partial charge in [0.1, 0.15) is 5.76 Å². The first-order chi connectivity index (χ1) is 11.5. The molecule has 2 aromatic rings. The van der Waals surface area contributed by atoms with E-state index in [2.05, 4.69) is 0 Å². The summed E-state index contributed by atoms with van der Waals surface area (Å²) in [5.74, 6) is -1.05. The van der Waals surface area contributed by atoms with E-state index in [0.29, 0.717) is 17.9 Å². The van der Waals surface area contributed by atoms with Gasteiger partial charge >= 0.3 is 11.9 Å². The van der Waals surface area contributed by atoms with Gasteiger partial charge in [-0.05, 0) is 36.2 Å². The lowest BCUT2D eigenvalue weighted by Gasteiger charge is -2.06. The Bertz CT molecular complexity index is 749. The number of carboxylic acids is 1. The number of rotatable bonds is 8. The third-order valence-electron chi connectivity index (χ3n) is 3.10. The molecule has 6 nitrogen and oxygen atoms in total. The molecule has 1 aromatic heterocycles. The van der Waals surface area contributed by atoms with Crippen LogP contribution in [0.25, 0.3) is 0 Å². The molecule has 0 saturated carbocycles. The van der Waals surface area contributed by atoms with E-state index in [4.69, 9.17) is 14.3 Å². The fourth-order valence-electron chi connectivity index (χ4n) is 2.03. The molecule has 7 heteroatoms. The molecule has 2 rings (SSSR count). The smallest absolute Gasteiger partial charge is 0.371 e. The van der Waals surface area contributed by atoms with Crippen molar-refractivity contribution in [3.63, 3.8) is 0 Å². The summed E-state index contributed by atoms with van der Waals surface area (Å²) in [6, 6.07) is 9.62. The van der Waals surface area contributed by atoms with Crippen molar-refractivity contribution in [2.75, 3.05) is 6.61 Å². The van der Waals surface area contributed by atoms with Gasteiger partial charge in [-0.3, -0.25) is 4.21 Å². The number of benzene rings is 1. The van der Waals surface area contributed by atoms with Crippen LogP contribution in [-0.2, 0) is 27.0 Å². The second kappa shape index (κ2) is 8.44. The molecule has 1 aromatic carbocycles. The zero-order valence-corrected chi connectivity index (χ0v) is 14.0. The van der Waals surface area contributed by atoms with E-state index in [1.54, 1.807) is 24.3 Å². The van der Waals surface area contributed by atoms with Gasteiger partial charge in [-0.15, -0.1) is 0 Å². The SMILES string of the molecule is CCCOC(=O)c1cccc(CS(=O)Cc2ccc(C(=O)O)o2)c1. The van der Waals surface area contributed by atoms with Gasteiger partial charge in [-0.2, -0.15) is 0 Å². The fourth-order valence-corrected chi connectivity index (χ4v) is 3.16. The zero-order chi connectivity index (χ0) is 17.5. The van der Waals surface area contributed by atoms with Crippen LogP contribution in [0.1, 0.15) is 45.6 Å². The summed E-state index contributed by atoms with van der Waals surface area (Å²) < 4.78 is 22.4. The van der Waals surface area contributed by atoms with Gasteiger partial charge in [-0.1, -0.05) is 19.1 Å². The van der Waals surface area contributed by atoms with Crippen LogP contribution in [0, 0.1) is 0 Å². The average Bonchev–Trinajstić information content (AvgIpc) is 3.01. The topological polar surface area (TPSA) is 93.8 Å². The van der Waals surface area contributed by atoms with E-state index < -0.39 is 22.7 Å². The molecule has 1 N–H and O–H groups in total. The summed E-state index contributed by atoms with van der Waals surface area (Å²) in [4.78, 5) is 22.6. The third-order valence-corrected chi connectivity index (χ3v) is 4.37. The number of hydrogen-bond donors (Lipinski definition) is 1. The fraction of sp³-hybridized carbons (Fsp3) is 0.294. The van der Waals surface area contributed by atoms with Crippen LogP contribution < -0.4 is 0 Å². The van der Waals surface area contributed by atoms with Crippen LogP contribution in [0.2, 0.25) is 0 Å². The molecule has 1 unspecified atom stereocenters. The monoisotopic (exact) mass is 350 g/mol. The maximum atomic E-state index is 12.2. The van der Waals surface area contributed by atoms with Crippen molar-refractivity contribution in [2.45, 2.75) is 24.9 Å². The Morgan fingerprint density at radius 1 is 1.21 bits per heavy atom. The number of hydrogen-bond acceptors (Lipinski definition) is 5. The number of furan rings is 1. The van der Waals surface area contributed by atoms with E-state index in [9.17, 15) is 13.8 Å². The Kier molecular flexibility index (Phi) is 6.31. The molecule has 0 aliphatic rings. The molecule has 0 saturated heterocycles. The third kappa shape index (κ3) is 5.06. The first-order valence-corrected chi connectivity index (χ1v) is 8.91. The number of esters is 1. The summed E-state index contributed by atoms with van der Waals surface area (Å²) in [5.41, 5.74) is 1.16. The van der Waals surface area contributed by atoms with Gasteiger partial charge in [0.2, 0.25) is 5.76 Å². The highest BCUT2D eigenvalue weighted by Crippen LogP contribution is 2.14. The van der Waals surface area contributed by atoms with Crippen LogP contribution >= 0.6 is 0 Å². The summed E-state index contributed by atoms with van der Waals surface area (Å²) >= 11 is 0. The predicted octanol–water partition coefficient (Wildman–Crippen LogP) is 2.99. The molecule has 0 aliphatic heterocycles. The number of carbonyl (C=O) groups is 2. The van der Waals surface area contributed by atoms with Crippen molar-refractivity contribution in [2.24, 2.45) is 0 Å². The number of carbonyl (C=O) groups excluding carboxylic acids is 1. The van der Waals surface area contributed by atoms with Gasteiger partial charge in [0, 0.05) is 16.6 Å². The van der Waals surface area contributed by atoms with Crippen LogP contribution in [0.5, 0.6) is 0 Å². The minimum absolute atomic E-state index is 0.109. The Morgan fingerprint density at radius 2 is 2.00 bits per heavy atom. The molecule has 0 aliphatic carbocycles. The highest BCUT2D eigenvalue weighted by molar-refractivity contribution is 7.83. The standard InChI is InChI=1S/C17H18O6S/c1-2-8-22-17(20)13-5-3-4-12(9-13)10-24(21)11-14-6-7-15(23-14)16(18)19/h3-7,9H,2,8,10-11H2,1H3,(H,18,19). The van der Waals surface area contributed by atoms with E-state index >= 15 is 0 Å². The van der Waals surface area contributed by atoms with E-state index in [0.717, 1.165) is 12.0 Å². The minimum atomic E-state index is -1.29. The summed E-state index contributed by atoms with van der Waals surface area (Å²) in [6.07, 6.45) is 0.747. The number of aromatic carboxylic acids is 1. The van der Waals surface area contributed by atoms with E-state index in [1.165, 1.54) is 12.1 Å².